The smallest absolute Gasteiger partial charge is 0.283 e. The number of thioether (sulfide) groups is 1. The number of nitrogens with one attached hydrogen (secondary N) is 1. The highest BCUT2D eigenvalue weighted by Gasteiger charge is 2.19. The minimum Gasteiger partial charge on any atom is -0.349 e. The fourth-order valence-electron chi connectivity index (χ4n) is 3.52. The van der Waals surface area contributed by atoms with Crippen LogP contribution in [0.25, 0.3) is 27.6 Å². The molecule has 0 aliphatic heterocycles. The van der Waals surface area contributed by atoms with Crippen LogP contribution in [-0.2, 0) is 5.75 Å². The van der Waals surface area contributed by atoms with Crippen molar-refractivity contribution >= 4 is 33.7 Å². The zero-order valence-electron chi connectivity index (χ0n) is 16.2. The molecule has 0 radical (unpaired) electrons. The van der Waals surface area contributed by atoms with Gasteiger partial charge in [0.15, 0.2) is 5.16 Å². The predicted octanol–water partition coefficient (Wildman–Crippen LogP) is 5.61. The van der Waals surface area contributed by atoms with Crippen LogP contribution in [0, 0.1) is 12.7 Å². The highest BCUT2D eigenvalue weighted by Crippen LogP contribution is 2.28. The molecule has 1 N–H and O–H groups in total. The van der Waals surface area contributed by atoms with Gasteiger partial charge in [0, 0.05) is 16.7 Å². The monoisotopic (exact) mass is 415 g/mol. The Bertz CT molecular complexity index is 1440. The standard InChI is InChI=1S/C24H18FN3OS/c1-15-10-12-16(13-11-15)14-30-24-27-21-17-6-2-4-8-19(17)26-22(21)23(29)28(24)20-9-5-3-7-18(20)25/h2-13,26H,14H2,1H3. The minimum absolute atomic E-state index is 0.196. The van der Waals surface area contributed by atoms with E-state index in [1.165, 1.54) is 28.0 Å². The molecule has 0 spiro atoms. The van der Waals surface area contributed by atoms with Gasteiger partial charge in [-0.3, -0.25) is 9.36 Å². The van der Waals surface area contributed by atoms with E-state index in [0.29, 0.717) is 21.9 Å². The maximum absolute atomic E-state index is 14.6. The number of H-pyrrole nitrogens is 1. The molecule has 0 bridgehead atoms. The molecule has 0 aliphatic carbocycles. The van der Waals surface area contributed by atoms with Gasteiger partial charge in [0.2, 0.25) is 0 Å². The van der Waals surface area contributed by atoms with Gasteiger partial charge in [-0.15, -0.1) is 0 Å². The molecule has 0 fully saturated rings. The van der Waals surface area contributed by atoms with Crippen LogP contribution < -0.4 is 5.56 Å². The van der Waals surface area contributed by atoms with E-state index in [2.05, 4.69) is 29.2 Å². The van der Waals surface area contributed by atoms with Crippen molar-refractivity contribution in [2.24, 2.45) is 0 Å². The van der Waals surface area contributed by atoms with E-state index in [1.807, 2.05) is 31.2 Å². The number of aromatic amines is 1. The van der Waals surface area contributed by atoms with Gasteiger partial charge in [0.25, 0.3) is 5.56 Å². The molecule has 0 unspecified atom stereocenters. The van der Waals surface area contributed by atoms with Crippen molar-refractivity contribution in [3.05, 3.63) is 100 Å². The fourth-order valence-corrected chi connectivity index (χ4v) is 4.47. The number of nitrogens with zero attached hydrogens (tertiary/aromatic N) is 2. The number of aromatic nitrogens is 3. The number of halogens is 1. The molecule has 5 rings (SSSR count). The fraction of sp³-hybridized carbons (Fsp3) is 0.0833. The quantitative estimate of drug-likeness (QED) is 0.307. The minimum atomic E-state index is -0.464. The van der Waals surface area contributed by atoms with Crippen molar-refractivity contribution in [1.82, 2.24) is 14.5 Å². The van der Waals surface area contributed by atoms with Crippen molar-refractivity contribution in [2.75, 3.05) is 0 Å². The normalized spacial score (nSPS) is 11.4. The average molecular weight is 415 g/mol. The number of rotatable bonds is 4. The van der Waals surface area contributed by atoms with Crippen LogP contribution >= 0.6 is 11.8 Å². The first-order valence-corrected chi connectivity index (χ1v) is 10.6. The molecule has 148 valence electrons. The molecule has 3 aromatic carbocycles. The second-order valence-electron chi connectivity index (χ2n) is 7.15. The summed E-state index contributed by atoms with van der Waals surface area (Å²) in [6.45, 7) is 2.04. The highest BCUT2D eigenvalue weighted by atomic mass is 32.2. The third-order valence-corrected chi connectivity index (χ3v) is 6.09. The topological polar surface area (TPSA) is 50.7 Å². The lowest BCUT2D eigenvalue weighted by atomic mass is 10.2. The van der Waals surface area contributed by atoms with Gasteiger partial charge in [-0.25, -0.2) is 9.37 Å². The summed E-state index contributed by atoms with van der Waals surface area (Å²) in [5.41, 5.74) is 3.99. The van der Waals surface area contributed by atoms with Gasteiger partial charge >= 0.3 is 0 Å². The Labute approximate surface area is 176 Å². The van der Waals surface area contributed by atoms with Crippen LogP contribution in [0.1, 0.15) is 11.1 Å². The van der Waals surface area contributed by atoms with Gasteiger partial charge in [0.1, 0.15) is 16.9 Å². The van der Waals surface area contributed by atoms with Gasteiger partial charge in [0.05, 0.1) is 5.69 Å². The van der Waals surface area contributed by atoms with Gasteiger partial charge in [-0.2, -0.15) is 0 Å². The van der Waals surface area contributed by atoms with Gasteiger partial charge in [-0.05, 0) is 30.7 Å². The molecule has 30 heavy (non-hydrogen) atoms. The second kappa shape index (κ2) is 7.46. The molecule has 0 amide bonds. The lowest BCUT2D eigenvalue weighted by molar-refractivity contribution is 0.608. The molecule has 0 saturated heterocycles. The molecule has 4 nitrogen and oxygen atoms in total. The molecule has 0 atom stereocenters. The average Bonchev–Trinajstić information content (AvgIpc) is 3.13. The van der Waals surface area contributed by atoms with E-state index in [-0.39, 0.29) is 11.2 Å². The van der Waals surface area contributed by atoms with Crippen molar-refractivity contribution < 1.29 is 4.39 Å². The Morgan fingerprint density at radius 2 is 1.73 bits per heavy atom. The molecule has 5 aromatic rings. The number of para-hydroxylation sites is 2. The molecule has 0 aliphatic rings. The summed E-state index contributed by atoms with van der Waals surface area (Å²) in [6.07, 6.45) is 0. The van der Waals surface area contributed by atoms with Crippen molar-refractivity contribution in [2.45, 2.75) is 17.8 Å². The van der Waals surface area contributed by atoms with Crippen molar-refractivity contribution in [3.8, 4) is 5.69 Å². The van der Waals surface area contributed by atoms with E-state index in [0.717, 1.165) is 16.5 Å². The Hall–Kier alpha value is -3.38. The summed E-state index contributed by atoms with van der Waals surface area (Å²) < 4.78 is 16.0. The van der Waals surface area contributed by atoms with Crippen molar-refractivity contribution in [1.29, 1.82) is 0 Å². The summed E-state index contributed by atoms with van der Waals surface area (Å²) in [7, 11) is 0. The van der Waals surface area contributed by atoms with E-state index in [9.17, 15) is 9.18 Å². The first-order chi connectivity index (χ1) is 14.6. The Morgan fingerprint density at radius 1 is 1.00 bits per heavy atom. The van der Waals surface area contributed by atoms with Crippen molar-refractivity contribution in [3.63, 3.8) is 0 Å². The summed E-state index contributed by atoms with van der Waals surface area (Å²) in [5.74, 6) is 0.156. The summed E-state index contributed by atoms with van der Waals surface area (Å²) >= 11 is 1.42. The van der Waals surface area contributed by atoms with Crippen LogP contribution in [0.5, 0.6) is 0 Å². The zero-order chi connectivity index (χ0) is 20.7. The summed E-state index contributed by atoms with van der Waals surface area (Å²) in [5, 5.41) is 1.34. The van der Waals surface area contributed by atoms with Gasteiger partial charge < -0.3 is 4.98 Å². The van der Waals surface area contributed by atoms with Crippen LogP contribution in [0.4, 0.5) is 4.39 Å². The maximum Gasteiger partial charge on any atom is 0.283 e. The molecule has 6 heteroatoms. The molecular weight excluding hydrogens is 397 g/mol. The zero-order valence-corrected chi connectivity index (χ0v) is 17.0. The van der Waals surface area contributed by atoms with E-state index < -0.39 is 5.82 Å². The lowest BCUT2D eigenvalue weighted by Crippen LogP contribution is -2.22. The van der Waals surface area contributed by atoms with Crippen LogP contribution in [-0.4, -0.2) is 14.5 Å². The molecular formula is C24H18FN3OS. The van der Waals surface area contributed by atoms with E-state index in [4.69, 9.17) is 4.98 Å². The number of benzene rings is 3. The summed E-state index contributed by atoms with van der Waals surface area (Å²) in [4.78, 5) is 21.4. The number of hydrogen-bond acceptors (Lipinski definition) is 3. The third-order valence-electron chi connectivity index (χ3n) is 5.08. The predicted molar refractivity (Wildman–Crippen MR) is 120 cm³/mol. The number of fused-ring (bicyclic) bond motifs is 3. The summed E-state index contributed by atoms with van der Waals surface area (Å²) in [6, 6.07) is 22.1. The lowest BCUT2D eigenvalue weighted by Gasteiger charge is -2.13. The Balaban J connectivity index is 1.72. The van der Waals surface area contributed by atoms with Crippen LogP contribution in [0.15, 0.2) is 82.7 Å². The first kappa shape index (κ1) is 18.6. The second-order valence-corrected chi connectivity index (χ2v) is 8.10. The Morgan fingerprint density at radius 3 is 2.53 bits per heavy atom. The number of hydrogen-bond donors (Lipinski definition) is 1. The molecule has 2 heterocycles. The largest absolute Gasteiger partial charge is 0.349 e. The SMILES string of the molecule is Cc1ccc(CSc2nc3c([nH]c4ccccc43)c(=O)n2-c2ccccc2F)cc1. The molecule has 2 aromatic heterocycles. The van der Waals surface area contributed by atoms with E-state index in [1.54, 1.807) is 18.2 Å². The van der Waals surface area contributed by atoms with Crippen LogP contribution in [0.2, 0.25) is 0 Å². The molecule has 0 saturated carbocycles. The van der Waals surface area contributed by atoms with Gasteiger partial charge in [-0.1, -0.05) is 71.9 Å². The number of aryl methyl sites for hydroxylation is 1. The Kier molecular flexibility index (Phi) is 4.64. The van der Waals surface area contributed by atoms with E-state index >= 15 is 0 Å². The first-order valence-electron chi connectivity index (χ1n) is 9.58. The third kappa shape index (κ3) is 3.19. The van der Waals surface area contributed by atoms with Crippen LogP contribution in [0.3, 0.4) is 0 Å². The highest BCUT2D eigenvalue weighted by molar-refractivity contribution is 7.98. The maximum atomic E-state index is 14.6.